The van der Waals surface area contributed by atoms with E-state index in [1.807, 2.05) is 18.5 Å². The number of nitrogens with zero attached hydrogens (tertiary/aromatic N) is 4. The van der Waals surface area contributed by atoms with Crippen molar-refractivity contribution in [3.05, 3.63) is 11.6 Å². The molecule has 26 heavy (non-hydrogen) atoms. The van der Waals surface area contributed by atoms with Gasteiger partial charge in [0, 0.05) is 32.7 Å². The molecule has 0 amide bonds. The van der Waals surface area contributed by atoms with Gasteiger partial charge in [-0.2, -0.15) is 0 Å². The molecule has 2 atom stereocenters. The van der Waals surface area contributed by atoms with E-state index < -0.39 is 0 Å². The molecule has 0 spiro atoms. The standard InChI is InChI=1S/C18H34N6O.HI/c1-7-19-17(21-12-15-23-22-13(2)24(15)6)20-11-14-9-8-10-25-16(14)18(3,4)5;/h14,16H,7-12H2,1-6H3,(H2,19,20,21);1H. The first-order valence-corrected chi connectivity index (χ1v) is 9.31. The van der Waals surface area contributed by atoms with E-state index in [2.05, 4.69) is 53.5 Å². The lowest BCUT2D eigenvalue weighted by Crippen LogP contribution is -2.47. The number of hydrogen-bond acceptors (Lipinski definition) is 4. The van der Waals surface area contributed by atoms with Crippen molar-refractivity contribution in [3.8, 4) is 0 Å². The molecule has 1 aromatic heterocycles. The summed E-state index contributed by atoms with van der Waals surface area (Å²) >= 11 is 0. The van der Waals surface area contributed by atoms with E-state index in [1.54, 1.807) is 0 Å². The van der Waals surface area contributed by atoms with E-state index >= 15 is 0 Å². The molecular weight excluding hydrogens is 443 g/mol. The molecule has 0 aliphatic carbocycles. The maximum atomic E-state index is 6.07. The van der Waals surface area contributed by atoms with Crippen LogP contribution >= 0.6 is 24.0 Å². The van der Waals surface area contributed by atoms with Crippen molar-refractivity contribution in [3.63, 3.8) is 0 Å². The number of aryl methyl sites for hydroxylation is 1. The lowest BCUT2D eigenvalue weighted by molar-refractivity contribution is -0.0835. The van der Waals surface area contributed by atoms with E-state index in [4.69, 9.17) is 4.74 Å². The Labute approximate surface area is 174 Å². The van der Waals surface area contributed by atoms with Gasteiger partial charge in [-0.05, 0) is 32.1 Å². The van der Waals surface area contributed by atoms with Crippen LogP contribution in [0.3, 0.4) is 0 Å². The lowest BCUT2D eigenvalue weighted by atomic mass is 9.78. The quantitative estimate of drug-likeness (QED) is 0.387. The lowest BCUT2D eigenvalue weighted by Gasteiger charge is -2.40. The van der Waals surface area contributed by atoms with Crippen molar-refractivity contribution in [1.29, 1.82) is 0 Å². The summed E-state index contributed by atoms with van der Waals surface area (Å²) in [4.78, 5) is 4.66. The second-order valence-corrected chi connectivity index (χ2v) is 7.86. The summed E-state index contributed by atoms with van der Waals surface area (Å²) in [6.07, 6.45) is 2.60. The van der Waals surface area contributed by atoms with Gasteiger partial charge < -0.3 is 19.9 Å². The summed E-state index contributed by atoms with van der Waals surface area (Å²) in [5.41, 5.74) is 0.151. The largest absolute Gasteiger partial charge is 0.377 e. The molecular formula is C18H35IN6O. The SMILES string of the molecule is CCNC(=NCc1nnc(C)n1C)NCC1CCCOC1C(C)(C)C.I. The summed E-state index contributed by atoms with van der Waals surface area (Å²) < 4.78 is 8.04. The van der Waals surface area contributed by atoms with Gasteiger partial charge in [0.2, 0.25) is 0 Å². The average Bonchev–Trinajstić information content (AvgIpc) is 2.88. The molecule has 1 saturated heterocycles. The highest BCUT2D eigenvalue weighted by Gasteiger charge is 2.35. The second-order valence-electron chi connectivity index (χ2n) is 7.86. The van der Waals surface area contributed by atoms with Crippen LogP contribution in [0.25, 0.3) is 0 Å². The Morgan fingerprint density at radius 2 is 2.04 bits per heavy atom. The zero-order valence-corrected chi connectivity index (χ0v) is 19.3. The number of aliphatic imine (C=N–C) groups is 1. The van der Waals surface area contributed by atoms with Gasteiger partial charge in [-0.15, -0.1) is 34.2 Å². The van der Waals surface area contributed by atoms with E-state index in [0.717, 1.165) is 43.7 Å². The molecule has 1 aromatic rings. The Morgan fingerprint density at radius 3 is 2.62 bits per heavy atom. The second kappa shape index (κ2) is 10.4. The third-order valence-electron chi connectivity index (χ3n) is 4.74. The molecule has 2 N–H and O–H groups in total. The van der Waals surface area contributed by atoms with Crippen LogP contribution in [0.5, 0.6) is 0 Å². The fraction of sp³-hybridized carbons (Fsp3) is 0.833. The van der Waals surface area contributed by atoms with Crippen molar-refractivity contribution in [1.82, 2.24) is 25.4 Å². The number of ether oxygens (including phenoxy) is 1. The highest BCUT2D eigenvalue weighted by atomic mass is 127. The van der Waals surface area contributed by atoms with Crippen molar-refractivity contribution in [2.24, 2.45) is 23.4 Å². The summed E-state index contributed by atoms with van der Waals surface area (Å²) in [5.74, 6) is 3.08. The number of halogens is 1. The van der Waals surface area contributed by atoms with E-state index in [-0.39, 0.29) is 35.5 Å². The maximum absolute atomic E-state index is 6.07. The van der Waals surface area contributed by atoms with E-state index in [1.165, 1.54) is 6.42 Å². The number of guanidine groups is 1. The smallest absolute Gasteiger partial charge is 0.191 e. The van der Waals surface area contributed by atoms with Crippen molar-refractivity contribution >= 4 is 29.9 Å². The summed E-state index contributed by atoms with van der Waals surface area (Å²) in [7, 11) is 1.97. The monoisotopic (exact) mass is 478 g/mol. The topological polar surface area (TPSA) is 76.4 Å². The Hall–Kier alpha value is -0.900. The zero-order valence-electron chi connectivity index (χ0n) is 17.0. The van der Waals surface area contributed by atoms with Crippen LogP contribution in [0.15, 0.2) is 4.99 Å². The molecule has 0 aromatic carbocycles. The summed E-state index contributed by atoms with van der Waals surface area (Å²) in [5, 5.41) is 15.1. The van der Waals surface area contributed by atoms with Crippen LogP contribution in [-0.4, -0.2) is 46.5 Å². The first kappa shape index (κ1) is 23.1. The Kier molecular flexibility index (Phi) is 9.29. The van der Waals surface area contributed by atoms with Gasteiger partial charge in [0.25, 0.3) is 0 Å². The number of hydrogen-bond donors (Lipinski definition) is 2. The Morgan fingerprint density at radius 1 is 1.31 bits per heavy atom. The van der Waals surface area contributed by atoms with Gasteiger partial charge in [0.1, 0.15) is 12.4 Å². The fourth-order valence-corrected chi connectivity index (χ4v) is 3.32. The molecule has 0 saturated carbocycles. The first-order chi connectivity index (χ1) is 11.8. The van der Waals surface area contributed by atoms with Crippen LogP contribution in [-0.2, 0) is 18.3 Å². The molecule has 0 radical (unpaired) electrons. The molecule has 1 aliphatic rings. The van der Waals surface area contributed by atoms with Gasteiger partial charge in [-0.25, -0.2) is 4.99 Å². The van der Waals surface area contributed by atoms with Gasteiger partial charge in [-0.3, -0.25) is 0 Å². The van der Waals surface area contributed by atoms with Crippen molar-refractivity contribution in [2.75, 3.05) is 19.7 Å². The predicted molar refractivity (Wildman–Crippen MR) is 116 cm³/mol. The molecule has 2 unspecified atom stereocenters. The minimum Gasteiger partial charge on any atom is -0.377 e. The van der Waals surface area contributed by atoms with Gasteiger partial charge >= 0.3 is 0 Å². The minimum atomic E-state index is 0. The molecule has 1 aliphatic heterocycles. The molecule has 0 bridgehead atoms. The number of nitrogens with one attached hydrogen (secondary N) is 2. The third kappa shape index (κ3) is 6.37. The third-order valence-corrected chi connectivity index (χ3v) is 4.74. The van der Waals surface area contributed by atoms with Gasteiger partial charge in [0.15, 0.2) is 11.8 Å². The summed E-state index contributed by atoms with van der Waals surface area (Å²) in [6, 6.07) is 0. The van der Waals surface area contributed by atoms with Crippen molar-refractivity contribution < 1.29 is 4.74 Å². The van der Waals surface area contributed by atoms with Gasteiger partial charge in [-0.1, -0.05) is 20.8 Å². The highest BCUT2D eigenvalue weighted by Crippen LogP contribution is 2.33. The summed E-state index contributed by atoms with van der Waals surface area (Å²) in [6.45, 7) is 13.9. The van der Waals surface area contributed by atoms with Crippen LogP contribution in [0.1, 0.15) is 52.2 Å². The van der Waals surface area contributed by atoms with Crippen LogP contribution in [0, 0.1) is 18.3 Å². The molecule has 1 fully saturated rings. The van der Waals surface area contributed by atoms with Gasteiger partial charge in [0.05, 0.1) is 6.10 Å². The van der Waals surface area contributed by atoms with E-state index in [0.29, 0.717) is 12.5 Å². The molecule has 7 nitrogen and oxygen atoms in total. The zero-order chi connectivity index (χ0) is 18.4. The van der Waals surface area contributed by atoms with Crippen LogP contribution in [0.4, 0.5) is 0 Å². The van der Waals surface area contributed by atoms with E-state index in [9.17, 15) is 0 Å². The normalized spacial score (nSPS) is 21.2. The highest BCUT2D eigenvalue weighted by molar-refractivity contribution is 14.0. The average molecular weight is 478 g/mol. The molecule has 2 heterocycles. The first-order valence-electron chi connectivity index (χ1n) is 9.31. The predicted octanol–water partition coefficient (Wildman–Crippen LogP) is 2.64. The Balaban J connectivity index is 0.00000338. The van der Waals surface area contributed by atoms with Crippen LogP contribution < -0.4 is 10.6 Å². The molecule has 150 valence electrons. The van der Waals surface area contributed by atoms with Crippen molar-refractivity contribution in [2.45, 2.75) is 60.1 Å². The molecule has 2 rings (SSSR count). The minimum absolute atomic E-state index is 0. The Bertz CT molecular complexity index is 581. The molecule has 8 heteroatoms. The fourth-order valence-electron chi connectivity index (χ4n) is 3.32. The maximum Gasteiger partial charge on any atom is 0.191 e. The number of rotatable bonds is 5. The van der Waals surface area contributed by atoms with Crippen LogP contribution in [0.2, 0.25) is 0 Å². The number of aromatic nitrogens is 3.